The van der Waals surface area contributed by atoms with Gasteiger partial charge in [-0.05, 0) is 12.8 Å². The Morgan fingerprint density at radius 1 is 0.867 bits per heavy atom. The van der Waals surface area contributed by atoms with Crippen molar-refractivity contribution in [3.8, 4) is 0 Å². The van der Waals surface area contributed by atoms with Gasteiger partial charge in [0.25, 0.3) is 0 Å². The van der Waals surface area contributed by atoms with Crippen molar-refractivity contribution in [1.29, 1.82) is 0 Å². The largest absolute Gasteiger partial charge is 0.392 e. The van der Waals surface area contributed by atoms with Gasteiger partial charge in [-0.1, -0.05) is 77.6 Å². The molecule has 0 aromatic rings. The second-order valence-corrected chi connectivity index (χ2v) is 11.0. The molecule has 6 heteroatoms. The average Bonchev–Trinajstić information content (AvgIpc) is 2.01. The summed E-state index contributed by atoms with van der Waals surface area (Å²) in [5.41, 5.74) is -0.528. The lowest BCUT2D eigenvalue weighted by atomic mass is 9.78. The SMILES string of the molecule is CC(C)([C@H](O)CC(Br)Br)[C@@H](O)CC(Br)Br. The van der Waals surface area contributed by atoms with Gasteiger partial charge in [0.05, 0.1) is 19.7 Å². The van der Waals surface area contributed by atoms with Gasteiger partial charge < -0.3 is 10.2 Å². The van der Waals surface area contributed by atoms with Gasteiger partial charge in [0.1, 0.15) is 0 Å². The van der Waals surface area contributed by atoms with Gasteiger partial charge in [0.15, 0.2) is 0 Å². The first-order valence-electron chi connectivity index (χ1n) is 4.60. The second-order valence-electron chi connectivity index (χ2n) is 4.11. The van der Waals surface area contributed by atoms with Crippen LogP contribution in [-0.2, 0) is 0 Å². The molecule has 0 aliphatic carbocycles. The van der Waals surface area contributed by atoms with Crippen molar-refractivity contribution in [3.63, 3.8) is 0 Å². The summed E-state index contributed by atoms with van der Waals surface area (Å²) in [6.45, 7) is 3.74. The molecule has 0 fully saturated rings. The van der Waals surface area contributed by atoms with Crippen LogP contribution >= 0.6 is 63.7 Å². The molecular weight excluding hydrogens is 460 g/mol. The maximum atomic E-state index is 9.98. The van der Waals surface area contributed by atoms with Crippen LogP contribution in [-0.4, -0.2) is 29.9 Å². The van der Waals surface area contributed by atoms with Crippen molar-refractivity contribution in [2.24, 2.45) is 5.41 Å². The molecule has 15 heavy (non-hydrogen) atoms. The van der Waals surface area contributed by atoms with Gasteiger partial charge in [-0.2, -0.15) is 0 Å². The van der Waals surface area contributed by atoms with Crippen molar-refractivity contribution < 1.29 is 10.2 Å². The summed E-state index contributed by atoms with van der Waals surface area (Å²) in [5, 5.41) is 20.0. The minimum atomic E-state index is -0.560. The van der Waals surface area contributed by atoms with Gasteiger partial charge >= 0.3 is 0 Å². The zero-order valence-corrected chi connectivity index (χ0v) is 15.0. The topological polar surface area (TPSA) is 40.5 Å². The van der Waals surface area contributed by atoms with E-state index in [1.165, 1.54) is 0 Å². The van der Waals surface area contributed by atoms with E-state index in [2.05, 4.69) is 63.7 Å². The molecule has 0 aromatic carbocycles. The predicted octanol–water partition coefficient (Wildman–Crippen LogP) is 3.75. The van der Waals surface area contributed by atoms with Gasteiger partial charge in [-0.25, -0.2) is 0 Å². The molecule has 0 heterocycles. The number of aliphatic hydroxyl groups is 2. The number of alkyl halides is 4. The highest BCUT2D eigenvalue weighted by Gasteiger charge is 2.36. The summed E-state index contributed by atoms with van der Waals surface area (Å²) < 4.78 is 0.130. The lowest BCUT2D eigenvalue weighted by Crippen LogP contribution is -2.41. The summed E-state index contributed by atoms with van der Waals surface area (Å²) >= 11 is 13.3. The van der Waals surface area contributed by atoms with Gasteiger partial charge in [-0.15, -0.1) is 0 Å². The quantitative estimate of drug-likeness (QED) is 0.575. The Morgan fingerprint density at radius 3 is 1.33 bits per heavy atom. The molecule has 0 saturated carbocycles. The highest BCUT2D eigenvalue weighted by atomic mass is 79.9. The highest BCUT2D eigenvalue weighted by molar-refractivity contribution is 9.25. The Kier molecular flexibility index (Phi) is 8.21. The predicted molar refractivity (Wildman–Crippen MR) is 78.3 cm³/mol. The smallest absolute Gasteiger partial charge is 0.0722 e. The Morgan fingerprint density at radius 2 is 1.13 bits per heavy atom. The van der Waals surface area contributed by atoms with Crippen LogP contribution in [0.5, 0.6) is 0 Å². The van der Waals surface area contributed by atoms with Crippen LogP contribution in [0.4, 0.5) is 0 Å². The molecule has 0 amide bonds. The number of hydrogen-bond donors (Lipinski definition) is 2. The third kappa shape index (κ3) is 6.36. The summed E-state index contributed by atoms with van der Waals surface area (Å²) in [6, 6.07) is 0. The van der Waals surface area contributed by atoms with E-state index in [0.29, 0.717) is 12.8 Å². The van der Waals surface area contributed by atoms with E-state index < -0.39 is 17.6 Å². The summed E-state index contributed by atoms with van der Waals surface area (Å²) in [4.78, 5) is 0. The van der Waals surface area contributed by atoms with Crippen LogP contribution in [0.3, 0.4) is 0 Å². The molecule has 92 valence electrons. The number of halogens is 4. The molecule has 0 radical (unpaired) electrons. The highest BCUT2D eigenvalue weighted by Crippen LogP contribution is 2.34. The molecule has 0 aromatic heterocycles. The van der Waals surface area contributed by atoms with E-state index in [9.17, 15) is 10.2 Å². The van der Waals surface area contributed by atoms with E-state index >= 15 is 0 Å². The Balaban J connectivity index is 4.36. The van der Waals surface area contributed by atoms with Crippen molar-refractivity contribution >= 4 is 63.7 Å². The van der Waals surface area contributed by atoms with Crippen LogP contribution in [0.15, 0.2) is 0 Å². The molecule has 2 atom stereocenters. The Labute approximate surface area is 125 Å². The minimum Gasteiger partial charge on any atom is -0.392 e. The third-order valence-corrected chi connectivity index (χ3v) is 4.02. The van der Waals surface area contributed by atoms with E-state index in [4.69, 9.17) is 0 Å². The fourth-order valence-electron chi connectivity index (χ4n) is 1.17. The standard InChI is InChI=1S/C9H16Br4O2/c1-9(2,5(14)3-7(10)11)6(15)4-8(12)13/h5-8,14-15H,3-4H2,1-2H3/t5-,6+. The molecular formula is C9H16Br4O2. The summed E-state index contributed by atoms with van der Waals surface area (Å²) in [6.07, 6.45) is -0.0107. The zero-order valence-electron chi connectivity index (χ0n) is 8.63. The molecule has 0 bridgehead atoms. The van der Waals surface area contributed by atoms with E-state index in [1.807, 2.05) is 13.8 Å². The first-order valence-corrected chi connectivity index (χ1v) is 8.26. The number of rotatable bonds is 6. The lowest BCUT2D eigenvalue weighted by Gasteiger charge is -2.36. The van der Waals surface area contributed by atoms with Crippen LogP contribution in [0.25, 0.3) is 0 Å². The van der Waals surface area contributed by atoms with Gasteiger partial charge in [0.2, 0.25) is 0 Å². The Hall–Kier alpha value is 1.84. The summed E-state index contributed by atoms with van der Waals surface area (Å²) in [5.74, 6) is 0. The van der Waals surface area contributed by atoms with E-state index in [0.717, 1.165) is 0 Å². The number of hydrogen-bond acceptors (Lipinski definition) is 2. The molecule has 0 saturated heterocycles. The first kappa shape index (κ1) is 16.8. The van der Waals surface area contributed by atoms with Crippen LogP contribution in [0.2, 0.25) is 0 Å². The maximum absolute atomic E-state index is 9.98. The monoisotopic (exact) mass is 472 g/mol. The molecule has 0 aliphatic heterocycles. The van der Waals surface area contributed by atoms with Crippen molar-refractivity contribution in [3.05, 3.63) is 0 Å². The second kappa shape index (κ2) is 7.31. The minimum absolute atomic E-state index is 0.0650. The lowest BCUT2D eigenvalue weighted by molar-refractivity contribution is -0.0496. The maximum Gasteiger partial charge on any atom is 0.0722 e. The number of aliphatic hydroxyl groups excluding tert-OH is 2. The normalized spacial score (nSPS) is 17.2. The van der Waals surface area contributed by atoms with E-state index in [-0.39, 0.29) is 7.47 Å². The average molecular weight is 476 g/mol. The van der Waals surface area contributed by atoms with Crippen LogP contribution in [0.1, 0.15) is 26.7 Å². The van der Waals surface area contributed by atoms with Crippen molar-refractivity contribution in [1.82, 2.24) is 0 Å². The fourth-order valence-corrected chi connectivity index (χ4v) is 2.58. The van der Waals surface area contributed by atoms with Gasteiger partial charge in [-0.3, -0.25) is 0 Å². The molecule has 0 unspecified atom stereocenters. The molecule has 0 aliphatic rings. The first-order chi connectivity index (χ1) is 6.67. The van der Waals surface area contributed by atoms with Crippen molar-refractivity contribution in [2.75, 3.05) is 0 Å². The molecule has 0 spiro atoms. The van der Waals surface area contributed by atoms with Gasteiger partial charge in [0, 0.05) is 5.41 Å². The van der Waals surface area contributed by atoms with Crippen LogP contribution < -0.4 is 0 Å². The Bertz CT molecular complexity index is 167. The molecule has 2 nitrogen and oxygen atoms in total. The van der Waals surface area contributed by atoms with E-state index in [1.54, 1.807) is 0 Å². The summed E-state index contributed by atoms with van der Waals surface area (Å²) in [7, 11) is 0. The van der Waals surface area contributed by atoms with Crippen molar-refractivity contribution in [2.45, 2.75) is 46.4 Å². The molecule has 2 N–H and O–H groups in total. The van der Waals surface area contributed by atoms with Crippen LogP contribution in [0, 0.1) is 5.41 Å². The molecule has 0 rings (SSSR count). The zero-order chi connectivity index (χ0) is 12.2. The fraction of sp³-hybridized carbons (Fsp3) is 1.00. The third-order valence-electron chi connectivity index (χ3n) is 2.52.